The van der Waals surface area contributed by atoms with Crippen LogP contribution in [0.2, 0.25) is 0 Å². The van der Waals surface area contributed by atoms with Crippen LogP contribution in [-0.4, -0.2) is 60.7 Å². The van der Waals surface area contributed by atoms with Crippen LogP contribution in [0, 0.1) is 16.2 Å². The summed E-state index contributed by atoms with van der Waals surface area (Å²) >= 11 is 0. The van der Waals surface area contributed by atoms with Crippen LogP contribution in [0.4, 0.5) is 0 Å². The maximum Gasteiger partial charge on any atom is 0.232 e. The van der Waals surface area contributed by atoms with E-state index in [9.17, 15) is 14.4 Å². The monoisotopic (exact) mass is 321 g/mol. The summed E-state index contributed by atoms with van der Waals surface area (Å²) in [6.07, 6.45) is 1.57. The maximum atomic E-state index is 13.2. The number of likely N-dealkylation sites (N-methyl/N-ethyl adjacent to an activating group) is 1. The summed E-state index contributed by atoms with van der Waals surface area (Å²) < 4.78 is 0. The number of carbonyl (C=O) groups excluding carboxylic acids is 3. The average Bonchev–Trinajstić information content (AvgIpc) is 2.45. The van der Waals surface area contributed by atoms with Crippen molar-refractivity contribution in [2.75, 3.05) is 33.2 Å². The molecule has 2 heterocycles. The van der Waals surface area contributed by atoms with Crippen molar-refractivity contribution in [1.82, 2.24) is 15.1 Å². The molecule has 1 saturated carbocycles. The van der Waals surface area contributed by atoms with Crippen molar-refractivity contribution in [1.29, 1.82) is 0 Å². The molecule has 2 unspecified atom stereocenters. The van der Waals surface area contributed by atoms with Crippen LogP contribution < -0.4 is 5.32 Å². The van der Waals surface area contributed by atoms with Gasteiger partial charge in [-0.05, 0) is 26.3 Å². The molecule has 23 heavy (non-hydrogen) atoms. The summed E-state index contributed by atoms with van der Waals surface area (Å²) in [7, 11) is 2.06. The van der Waals surface area contributed by atoms with Gasteiger partial charge >= 0.3 is 0 Å². The molecule has 3 amide bonds. The van der Waals surface area contributed by atoms with Crippen molar-refractivity contribution < 1.29 is 14.4 Å². The second-order valence-corrected chi connectivity index (χ2v) is 8.59. The molecule has 3 aliphatic rings. The van der Waals surface area contributed by atoms with Crippen LogP contribution in [0.3, 0.4) is 0 Å². The topological polar surface area (TPSA) is 69.7 Å². The minimum Gasteiger partial charge on any atom is -0.340 e. The molecule has 1 aliphatic carbocycles. The van der Waals surface area contributed by atoms with E-state index < -0.39 is 16.2 Å². The number of imide groups is 1. The zero-order valence-electron chi connectivity index (χ0n) is 14.6. The van der Waals surface area contributed by atoms with Gasteiger partial charge in [-0.2, -0.15) is 0 Å². The van der Waals surface area contributed by atoms with Crippen LogP contribution in [0.5, 0.6) is 0 Å². The van der Waals surface area contributed by atoms with E-state index in [1.165, 1.54) is 0 Å². The second kappa shape index (κ2) is 5.03. The van der Waals surface area contributed by atoms with E-state index in [1.54, 1.807) is 0 Å². The first-order chi connectivity index (χ1) is 10.6. The molecule has 0 radical (unpaired) electrons. The van der Waals surface area contributed by atoms with Crippen molar-refractivity contribution in [2.45, 2.75) is 40.0 Å². The van der Waals surface area contributed by atoms with Gasteiger partial charge in [0.25, 0.3) is 0 Å². The molecule has 2 saturated heterocycles. The normalized spacial score (nSPS) is 41.7. The molecule has 6 heteroatoms. The van der Waals surface area contributed by atoms with Gasteiger partial charge in [-0.15, -0.1) is 0 Å². The molecule has 2 bridgehead atoms. The summed E-state index contributed by atoms with van der Waals surface area (Å²) in [5.41, 5.74) is -1.93. The quantitative estimate of drug-likeness (QED) is 0.719. The maximum absolute atomic E-state index is 13.2. The number of hydrogen-bond acceptors (Lipinski definition) is 4. The van der Waals surface area contributed by atoms with Crippen molar-refractivity contribution in [3.63, 3.8) is 0 Å². The SMILES string of the molecule is CN1CCN(C(=O)C2(C)CC3(C)CC(C)(C2)C(=O)NC3=O)CC1. The first kappa shape index (κ1) is 16.4. The molecule has 1 N–H and O–H groups in total. The third kappa shape index (κ3) is 2.57. The molecule has 3 fully saturated rings. The Hall–Kier alpha value is -1.43. The molecule has 0 spiro atoms. The number of rotatable bonds is 1. The predicted molar refractivity (Wildman–Crippen MR) is 85.4 cm³/mol. The number of amides is 3. The standard InChI is InChI=1S/C17H27N3O3/c1-15-9-16(2,13(22)18-12(15)21)11-17(3,10-15)14(23)20-7-5-19(4)6-8-20/h5-11H2,1-4H3,(H,18,21,22). The number of fused-ring (bicyclic) bond motifs is 2. The van der Waals surface area contributed by atoms with Crippen LogP contribution in [0.15, 0.2) is 0 Å². The number of piperazine rings is 1. The Kier molecular flexibility index (Phi) is 3.59. The fourth-order valence-corrected chi connectivity index (χ4v) is 5.04. The second-order valence-electron chi connectivity index (χ2n) is 8.59. The fraction of sp³-hybridized carbons (Fsp3) is 0.824. The lowest BCUT2D eigenvalue weighted by atomic mass is 9.52. The Morgan fingerprint density at radius 2 is 1.39 bits per heavy atom. The number of hydrogen-bond donors (Lipinski definition) is 1. The number of piperidine rings is 1. The van der Waals surface area contributed by atoms with Crippen molar-refractivity contribution in [3.05, 3.63) is 0 Å². The van der Waals surface area contributed by atoms with Crippen LogP contribution >= 0.6 is 0 Å². The fourth-order valence-electron chi connectivity index (χ4n) is 5.04. The summed E-state index contributed by atoms with van der Waals surface area (Å²) in [4.78, 5) is 42.0. The van der Waals surface area contributed by atoms with Gasteiger partial charge in [-0.3, -0.25) is 19.7 Å². The van der Waals surface area contributed by atoms with Gasteiger partial charge in [0.05, 0.1) is 0 Å². The molecule has 2 aliphatic heterocycles. The molecule has 128 valence electrons. The van der Waals surface area contributed by atoms with E-state index in [-0.39, 0.29) is 17.7 Å². The highest BCUT2D eigenvalue weighted by atomic mass is 16.2. The summed E-state index contributed by atoms with van der Waals surface area (Å²) in [5, 5.41) is 2.51. The van der Waals surface area contributed by atoms with Crippen molar-refractivity contribution in [2.24, 2.45) is 16.2 Å². The highest BCUT2D eigenvalue weighted by molar-refractivity contribution is 6.04. The van der Waals surface area contributed by atoms with E-state index in [0.717, 1.165) is 26.2 Å². The largest absolute Gasteiger partial charge is 0.340 e. The molecule has 0 aromatic rings. The van der Waals surface area contributed by atoms with Crippen LogP contribution in [0.25, 0.3) is 0 Å². The van der Waals surface area contributed by atoms with Gasteiger partial charge in [0.2, 0.25) is 17.7 Å². The molecular weight excluding hydrogens is 294 g/mol. The van der Waals surface area contributed by atoms with E-state index in [4.69, 9.17) is 0 Å². The summed E-state index contributed by atoms with van der Waals surface area (Å²) in [5.74, 6) is -0.348. The van der Waals surface area contributed by atoms with Gasteiger partial charge in [0.15, 0.2) is 0 Å². The van der Waals surface area contributed by atoms with E-state index >= 15 is 0 Å². The Bertz CT molecular complexity index is 539. The van der Waals surface area contributed by atoms with E-state index in [2.05, 4.69) is 17.3 Å². The molecular formula is C17H27N3O3. The third-order valence-electron chi connectivity index (χ3n) is 5.97. The molecule has 2 atom stereocenters. The Morgan fingerprint density at radius 3 is 1.87 bits per heavy atom. The first-order valence-electron chi connectivity index (χ1n) is 8.42. The summed E-state index contributed by atoms with van der Waals surface area (Å²) in [6.45, 7) is 8.90. The van der Waals surface area contributed by atoms with Crippen LogP contribution in [0.1, 0.15) is 40.0 Å². The minimum absolute atomic E-state index is 0.102. The third-order valence-corrected chi connectivity index (χ3v) is 5.97. The number of nitrogens with one attached hydrogen (secondary N) is 1. The highest BCUT2D eigenvalue weighted by Crippen LogP contribution is 2.57. The lowest BCUT2D eigenvalue weighted by molar-refractivity contribution is -0.168. The molecule has 0 aromatic heterocycles. The van der Waals surface area contributed by atoms with Gasteiger partial charge in [-0.25, -0.2) is 0 Å². The van der Waals surface area contributed by atoms with Crippen molar-refractivity contribution >= 4 is 17.7 Å². The predicted octanol–water partition coefficient (Wildman–Crippen LogP) is 0.620. The van der Waals surface area contributed by atoms with Gasteiger partial charge in [0, 0.05) is 42.4 Å². The van der Waals surface area contributed by atoms with Gasteiger partial charge in [-0.1, -0.05) is 20.8 Å². The molecule has 0 aromatic carbocycles. The zero-order chi connectivity index (χ0) is 17.0. The zero-order valence-corrected chi connectivity index (χ0v) is 14.6. The molecule has 3 rings (SSSR count). The lowest BCUT2D eigenvalue weighted by Crippen LogP contribution is -2.64. The van der Waals surface area contributed by atoms with E-state index in [0.29, 0.717) is 19.3 Å². The van der Waals surface area contributed by atoms with E-state index in [1.807, 2.05) is 25.7 Å². The van der Waals surface area contributed by atoms with Crippen LogP contribution in [-0.2, 0) is 14.4 Å². The highest BCUT2D eigenvalue weighted by Gasteiger charge is 2.61. The smallest absolute Gasteiger partial charge is 0.232 e. The Balaban J connectivity index is 1.88. The lowest BCUT2D eigenvalue weighted by Gasteiger charge is -2.54. The Morgan fingerprint density at radius 1 is 0.913 bits per heavy atom. The number of nitrogens with zero attached hydrogens (tertiary/aromatic N) is 2. The van der Waals surface area contributed by atoms with Gasteiger partial charge < -0.3 is 9.80 Å². The first-order valence-corrected chi connectivity index (χ1v) is 8.42. The number of carbonyl (C=O) groups is 3. The average molecular weight is 321 g/mol. The minimum atomic E-state index is -0.648. The van der Waals surface area contributed by atoms with Crippen molar-refractivity contribution in [3.8, 4) is 0 Å². The molecule has 6 nitrogen and oxygen atoms in total. The summed E-state index contributed by atoms with van der Waals surface area (Å²) in [6, 6.07) is 0. The van der Waals surface area contributed by atoms with Gasteiger partial charge in [0.1, 0.15) is 0 Å². The Labute approximate surface area is 137 Å².